The van der Waals surface area contributed by atoms with Crippen molar-refractivity contribution in [3.05, 3.63) is 23.8 Å². The van der Waals surface area contributed by atoms with E-state index in [1.807, 2.05) is 6.92 Å². The second kappa shape index (κ2) is 6.77. The van der Waals surface area contributed by atoms with Crippen molar-refractivity contribution in [1.82, 2.24) is 4.72 Å². The molecule has 5 nitrogen and oxygen atoms in total. The highest BCUT2D eigenvalue weighted by atomic mass is 32.2. The van der Waals surface area contributed by atoms with Crippen molar-refractivity contribution in [2.24, 2.45) is 11.8 Å². The summed E-state index contributed by atoms with van der Waals surface area (Å²) in [4.78, 5) is 0.267. The topological polar surface area (TPSA) is 92.4 Å². The van der Waals surface area contributed by atoms with Crippen LogP contribution in [0.1, 0.15) is 31.7 Å². The number of nitrogens with two attached hydrogens (primary N) is 1. The van der Waals surface area contributed by atoms with Crippen molar-refractivity contribution in [1.29, 1.82) is 0 Å². The number of aryl methyl sites for hydroxylation is 1. The normalized spacial score (nSPS) is 22.6. The molecule has 2 unspecified atom stereocenters. The first-order valence-electron chi connectivity index (χ1n) is 7.47. The molecule has 1 aromatic rings. The number of hydrogen-bond donors (Lipinski definition) is 3. The Kier molecular flexibility index (Phi) is 5.24. The zero-order chi connectivity index (χ0) is 15.5. The number of anilines is 1. The molecule has 2 atom stereocenters. The van der Waals surface area contributed by atoms with Crippen LogP contribution in [-0.4, -0.2) is 26.7 Å². The molecule has 1 aliphatic rings. The predicted octanol–water partition coefficient (Wildman–Crippen LogP) is 1.52. The van der Waals surface area contributed by atoms with Crippen LogP contribution in [0.4, 0.5) is 5.69 Å². The van der Waals surface area contributed by atoms with Gasteiger partial charge in [-0.15, -0.1) is 0 Å². The van der Waals surface area contributed by atoms with Crippen molar-refractivity contribution in [2.75, 3.05) is 18.9 Å². The second-order valence-electron chi connectivity index (χ2n) is 5.71. The summed E-state index contributed by atoms with van der Waals surface area (Å²) >= 11 is 0. The first kappa shape index (κ1) is 16.3. The molecule has 0 radical (unpaired) electrons. The molecule has 21 heavy (non-hydrogen) atoms. The molecular weight excluding hydrogens is 288 g/mol. The van der Waals surface area contributed by atoms with E-state index in [0.29, 0.717) is 18.7 Å². The third-order valence-corrected chi connectivity index (χ3v) is 5.85. The highest BCUT2D eigenvalue weighted by Gasteiger charge is 2.28. The Morgan fingerprint density at radius 3 is 2.71 bits per heavy atom. The van der Waals surface area contributed by atoms with Gasteiger partial charge in [-0.05, 0) is 48.8 Å². The van der Waals surface area contributed by atoms with E-state index in [9.17, 15) is 13.5 Å². The molecule has 0 aromatic heterocycles. The fraction of sp³-hybridized carbons (Fsp3) is 0.600. The standard InChI is InChI=1S/C15H24N2O3S/c1-2-11-6-7-14(16)8-15(11)21(19,20)17-9-12-4-3-5-13(12)10-18/h6-8,12-13,17-18H,2-5,9-10,16H2,1H3. The lowest BCUT2D eigenvalue weighted by Crippen LogP contribution is -2.32. The minimum atomic E-state index is -3.56. The van der Waals surface area contributed by atoms with Gasteiger partial charge in [-0.25, -0.2) is 13.1 Å². The summed E-state index contributed by atoms with van der Waals surface area (Å²) in [5, 5.41) is 9.31. The molecule has 0 aliphatic heterocycles. The average Bonchev–Trinajstić information content (AvgIpc) is 2.92. The number of aliphatic hydroxyl groups is 1. The van der Waals surface area contributed by atoms with Gasteiger partial charge in [0.25, 0.3) is 0 Å². The van der Waals surface area contributed by atoms with Crippen LogP contribution in [0, 0.1) is 11.8 Å². The molecule has 1 aliphatic carbocycles. The third kappa shape index (κ3) is 3.75. The predicted molar refractivity (Wildman–Crippen MR) is 83.3 cm³/mol. The molecule has 4 N–H and O–H groups in total. The van der Waals surface area contributed by atoms with Crippen LogP contribution in [0.25, 0.3) is 0 Å². The van der Waals surface area contributed by atoms with Gasteiger partial charge in [0.15, 0.2) is 0 Å². The zero-order valence-electron chi connectivity index (χ0n) is 12.4. The van der Waals surface area contributed by atoms with E-state index in [-0.39, 0.29) is 23.3 Å². The van der Waals surface area contributed by atoms with Crippen molar-refractivity contribution in [3.63, 3.8) is 0 Å². The third-order valence-electron chi connectivity index (χ3n) is 4.35. The number of aliphatic hydroxyl groups excluding tert-OH is 1. The Hall–Kier alpha value is -1.11. The van der Waals surface area contributed by atoms with Crippen molar-refractivity contribution in [3.8, 4) is 0 Å². The fourth-order valence-electron chi connectivity index (χ4n) is 3.03. The monoisotopic (exact) mass is 312 g/mol. The van der Waals surface area contributed by atoms with Crippen molar-refractivity contribution >= 4 is 15.7 Å². The zero-order valence-corrected chi connectivity index (χ0v) is 13.2. The van der Waals surface area contributed by atoms with Crippen molar-refractivity contribution < 1.29 is 13.5 Å². The number of rotatable bonds is 6. The largest absolute Gasteiger partial charge is 0.399 e. The lowest BCUT2D eigenvalue weighted by molar-refractivity contribution is 0.195. The van der Waals surface area contributed by atoms with E-state index in [4.69, 9.17) is 5.73 Å². The number of hydrogen-bond acceptors (Lipinski definition) is 4. The van der Waals surface area contributed by atoms with Gasteiger partial charge in [0.1, 0.15) is 0 Å². The number of nitrogens with one attached hydrogen (secondary N) is 1. The first-order valence-corrected chi connectivity index (χ1v) is 8.95. The summed E-state index contributed by atoms with van der Waals surface area (Å²) < 4.78 is 27.7. The average molecular weight is 312 g/mol. The molecule has 2 rings (SSSR count). The maximum Gasteiger partial charge on any atom is 0.240 e. The molecule has 1 fully saturated rings. The SMILES string of the molecule is CCc1ccc(N)cc1S(=O)(=O)NCC1CCCC1CO. The molecule has 0 amide bonds. The van der Waals surface area contributed by atoms with E-state index in [1.54, 1.807) is 12.1 Å². The Labute approximate surface area is 126 Å². The minimum absolute atomic E-state index is 0.130. The van der Waals surface area contributed by atoms with Gasteiger partial charge in [0.2, 0.25) is 10.0 Å². The summed E-state index contributed by atoms with van der Waals surface area (Å²) in [5.74, 6) is 0.426. The van der Waals surface area contributed by atoms with Gasteiger partial charge in [0.05, 0.1) is 4.90 Å². The van der Waals surface area contributed by atoms with Crippen LogP contribution in [0.5, 0.6) is 0 Å². The number of sulfonamides is 1. The molecule has 0 saturated heterocycles. The lowest BCUT2D eigenvalue weighted by atomic mass is 9.97. The summed E-state index contributed by atoms with van der Waals surface area (Å²) in [6.45, 7) is 2.43. The molecular formula is C15H24N2O3S. The van der Waals surface area contributed by atoms with E-state index >= 15 is 0 Å². The van der Waals surface area contributed by atoms with Gasteiger partial charge >= 0.3 is 0 Å². The molecule has 0 bridgehead atoms. The molecule has 0 heterocycles. The quantitative estimate of drug-likeness (QED) is 0.694. The Bertz CT molecular complexity index is 587. The molecule has 1 saturated carbocycles. The van der Waals surface area contributed by atoms with Gasteiger partial charge in [0, 0.05) is 18.8 Å². The van der Waals surface area contributed by atoms with Gasteiger partial charge in [-0.1, -0.05) is 19.4 Å². The summed E-state index contributed by atoms with van der Waals surface area (Å²) in [6, 6.07) is 4.99. The minimum Gasteiger partial charge on any atom is -0.399 e. The fourth-order valence-corrected chi connectivity index (χ4v) is 4.47. The molecule has 118 valence electrons. The summed E-state index contributed by atoms with van der Waals surface area (Å²) in [6.07, 6.45) is 3.63. The molecule has 1 aromatic carbocycles. The van der Waals surface area contributed by atoms with Crippen LogP contribution in [0.15, 0.2) is 23.1 Å². The van der Waals surface area contributed by atoms with E-state index in [1.165, 1.54) is 6.07 Å². The van der Waals surface area contributed by atoms with Crippen LogP contribution in [0.3, 0.4) is 0 Å². The maximum atomic E-state index is 12.5. The van der Waals surface area contributed by atoms with E-state index in [2.05, 4.69) is 4.72 Å². The lowest BCUT2D eigenvalue weighted by Gasteiger charge is -2.18. The van der Waals surface area contributed by atoms with Gasteiger partial charge in [-0.3, -0.25) is 0 Å². The van der Waals surface area contributed by atoms with E-state index in [0.717, 1.165) is 24.8 Å². The van der Waals surface area contributed by atoms with Crippen LogP contribution >= 0.6 is 0 Å². The van der Waals surface area contributed by atoms with Crippen LogP contribution in [-0.2, 0) is 16.4 Å². The number of nitrogen functional groups attached to an aromatic ring is 1. The Balaban J connectivity index is 2.13. The highest BCUT2D eigenvalue weighted by Crippen LogP contribution is 2.31. The highest BCUT2D eigenvalue weighted by molar-refractivity contribution is 7.89. The second-order valence-corrected chi connectivity index (χ2v) is 7.44. The maximum absolute atomic E-state index is 12.5. The van der Waals surface area contributed by atoms with Crippen LogP contribution in [0.2, 0.25) is 0 Å². The first-order chi connectivity index (χ1) is 9.97. The Morgan fingerprint density at radius 1 is 1.33 bits per heavy atom. The van der Waals surface area contributed by atoms with Gasteiger partial charge in [-0.2, -0.15) is 0 Å². The van der Waals surface area contributed by atoms with E-state index < -0.39 is 10.0 Å². The molecule has 0 spiro atoms. The summed E-state index contributed by atoms with van der Waals surface area (Å²) in [5.41, 5.74) is 6.93. The summed E-state index contributed by atoms with van der Waals surface area (Å²) in [7, 11) is -3.56. The smallest absolute Gasteiger partial charge is 0.240 e. The van der Waals surface area contributed by atoms with Crippen molar-refractivity contribution in [2.45, 2.75) is 37.5 Å². The van der Waals surface area contributed by atoms with Crippen LogP contribution < -0.4 is 10.5 Å². The number of benzene rings is 1. The Morgan fingerprint density at radius 2 is 2.05 bits per heavy atom. The van der Waals surface area contributed by atoms with Gasteiger partial charge < -0.3 is 10.8 Å². The molecule has 6 heteroatoms.